The van der Waals surface area contributed by atoms with Crippen molar-refractivity contribution in [1.29, 1.82) is 0 Å². The summed E-state index contributed by atoms with van der Waals surface area (Å²) < 4.78 is 0. The van der Waals surface area contributed by atoms with E-state index in [2.05, 4.69) is 37.5 Å². The van der Waals surface area contributed by atoms with Crippen LogP contribution in [0.4, 0.5) is 0 Å². The van der Waals surface area contributed by atoms with Gasteiger partial charge in [-0.25, -0.2) is 0 Å². The molecule has 0 bridgehead atoms. The molecule has 0 aromatic rings. The third-order valence-electron chi connectivity index (χ3n) is 5.16. The van der Waals surface area contributed by atoms with Gasteiger partial charge in [-0.1, -0.05) is 27.7 Å². The van der Waals surface area contributed by atoms with E-state index < -0.39 is 0 Å². The first-order valence-electron chi connectivity index (χ1n) is 8.56. The van der Waals surface area contributed by atoms with E-state index in [0.717, 1.165) is 5.92 Å². The van der Waals surface area contributed by atoms with Crippen molar-refractivity contribution < 1.29 is 0 Å². The smallest absolute Gasteiger partial charge is 0.0110 e. The van der Waals surface area contributed by atoms with E-state index in [1.807, 2.05) is 0 Å². The van der Waals surface area contributed by atoms with E-state index in [9.17, 15) is 0 Å². The second kappa shape index (κ2) is 6.76. The Balaban J connectivity index is 1.77. The van der Waals surface area contributed by atoms with Crippen molar-refractivity contribution in [2.45, 2.75) is 53.0 Å². The zero-order valence-electron chi connectivity index (χ0n) is 14.1. The summed E-state index contributed by atoms with van der Waals surface area (Å²) in [6.45, 7) is 16.9. The first-order valence-corrected chi connectivity index (χ1v) is 8.56. The van der Waals surface area contributed by atoms with Gasteiger partial charge in [0.1, 0.15) is 0 Å². The monoisotopic (exact) mass is 281 g/mol. The fourth-order valence-corrected chi connectivity index (χ4v) is 3.96. The van der Waals surface area contributed by atoms with E-state index in [-0.39, 0.29) is 0 Å². The van der Waals surface area contributed by atoms with Gasteiger partial charge in [0.05, 0.1) is 0 Å². The van der Waals surface area contributed by atoms with Gasteiger partial charge in [-0.05, 0) is 36.5 Å². The van der Waals surface area contributed by atoms with Crippen LogP contribution in [0.25, 0.3) is 0 Å². The van der Waals surface area contributed by atoms with Crippen molar-refractivity contribution in [2.24, 2.45) is 23.0 Å². The molecule has 2 fully saturated rings. The molecule has 20 heavy (non-hydrogen) atoms. The van der Waals surface area contributed by atoms with Gasteiger partial charge in [0, 0.05) is 45.3 Å². The molecule has 2 rings (SSSR count). The summed E-state index contributed by atoms with van der Waals surface area (Å²) in [6, 6.07) is 0.428. The number of piperazine rings is 1. The summed E-state index contributed by atoms with van der Waals surface area (Å²) in [4.78, 5) is 5.27. The molecule has 0 radical (unpaired) electrons. The van der Waals surface area contributed by atoms with E-state index in [1.54, 1.807) is 0 Å². The van der Waals surface area contributed by atoms with Gasteiger partial charge in [0.25, 0.3) is 0 Å². The molecule has 0 spiro atoms. The fraction of sp³-hybridized carbons (Fsp3) is 1.00. The summed E-state index contributed by atoms with van der Waals surface area (Å²) in [5.74, 6) is 1.49. The van der Waals surface area contributed by atoms with Crippen LogP contribution in [0.15, 0.2) is 0 Å². The number of hydrogen-bond acceptors (Lipinski definition) is 3. The summed E-state index contributed by atoms with van der Waals surface area (Å²) in [7, 11) is 0. The molecular weight excluding hydrogens is 246 g/mol. The van der Waals surface area contributed by atoms with Crippen molar-refractivity contribution in [3.63, 3.8) is 0 Å². The zero-order chi connectivity index (χ0) is 14.8. The minimum atomic E-state index is 0.428. The minimum Gasteiger partial charge on any atom is -0.327 e. The van der Waals surface area contributed by atoms with Crippen LogP contribution in [0.2, 0.25) is 0 Å². The molecule has 0 amide bonds. The largest absolute Gasteiger partial charge is 0.327 e. The standard InChI is InChI=1S/C17H35N3/c1-14(2)12-19-7-9-20(10-8-19)13-15-11-17(3,4)6-5-16(15)18/h14-16H,5-13,18H2,1-4H3. The van der Waals surface area contributed by atoms with Gasteiger partial charge in [-0.2, -0.15) is 0 Å². The summed E-state index contributed by atoms with van der Waals surface area (Å²) in [5.41, 5.74) is 6.87. The molecule has 0 aromatic heterocycles. The molecule has 1 aliphatic carbocycles. The predicted molar refractivity (Wildman–Crippen MR) is 86.8 cm³/mol. The first-order chi connectivity index (χ1) is 9.35. The summed E-state index contributed by atoms with van der Waals surface area (Å²) >= 11 is 0. The maximum Gasteiger partial charge on any atom is 0.0110 e. The van der Waals surface area contributed by atoms with Crippen LogP contribution in [-0.4, -0.2) is 55.1 Å². The molecule has 2 aliphatic rings. The molecule has 3 nitrogen and oxygen atoms in total. The minimum absolute atomic E-state index is 0.428. The van der Waals surface area contributed by atoms with E-state index in [1.165, 1.54) is 58.5 Å². The number of nitrogens with zero attached hydrogens (tertiary/aromatic N) is 2. The molecule has 0 aromatic carbocycles. The molecule has 1 heterocycles. The number of hydrogen-bond donors (Lipinski definition) is 1. The predicted octanol–water partition coefficient (Wildman–Crippen LogP) is 2.41. The first kappa shape index (κ1) is 16.3. The highest BCUT2D eigenvalue weighted by Crippen LogP contribution is 2.38. The Morgan fingerprint density at radius 3 is 2.30 bits per heavy atom. The van der Waals surface area contributed by atoms with Crippen LogP contribution in [-0.2, 0) is 0 Å². The van der Waals surface area contributed by atoms with Gasteiger partial charge < -0.3 is 15.5 Å². The van der Waals surface area contributed by atoms with Crippen molar-refractivity contribution >= 4 is 0 Å². The molecule has 1 saturated carbocycles. The topological polar surface area (TPSA) is 32.5 Å². The second-order valence-electron chi connectivity index (χ2n) is 8.33. The Hall–Kier alpha value is -0.120. The van der Waals surface area contributed by atoms with Crippen LogP contribution in [0.1, 0.15) is 47.0 Å². The lowest BCUT2D eigenvalue weighted by atomic mass is 9.70. The van der Waals surface area contributed by atoms with Crippen molar-refractivity contribution in [3.8, 4) is 0 Å². The lowest BCUT2D eigenvalue weighted by molar-refractivity contribution is 0.0747. The quantitative estimate of drug-likeness (QED) is 0.859. The molecule has 2 atom stereocenters. The molecule has 2 unspecified atom stereocenters. The molecule has 3 heteroatoms. The zero-order valence-corrected chi connectivity index (χ0v) is 14.1. The van der Waals surface area contributed by atoms with Crippen LogP contribution < -0.4 is 5.73 Å². The van der Waals surface area contributed by atoms with Crippen molar-refractivity contribution in [2.75, 3.05) is 39.3 Å². The molecule has 118 valence electrons. The molecular formula is C17H35N3. The lowest BCUT2D eigenvalue weighted by Crippen LogP contribution is -2.51. The number of rotatable bonds is 4. The van der Waals surface area contributed by atoms with Crippen LogP contribution in [0, 0.1) is 17.3 Å². The maximum atomic E-state index is 6.37. The van der Waals surface area contributed by atoms with Gasteiger partial charge in [0.15, 0.2) is 0 Å². The highest BCUT2D eigenvalue weighted by atomic mass is 15.3. The van der Waals surface area contributed by atoms with E-state index in [4.69, 9.17) is 5.73 Å². The SMILES string of the molecule is CC(C)CN1CCN(CC2CC(C)(C)CCC2N)CC1. The normalized spacial score (nSPS) is 32.7. The van der Waals surface area contributed by atoms with Crippen molar-refractivity contribution in [3.05, 3.63) is 0 Å². The van der Waals surface area contributed by atoms with E-state index in [0.29, 0.717) is 17.4 Å². The lowest BCUT2D eigenvalue weighted by Gasteiger charge is -2.43. The molecule has 1 saturated heterocycles. The molecule has 2 N–H and O–H groups in total. The average molecular weight is 281 g/mol. The third kappa shape index (κ3) is 4.71. The third-order valence-corrected chi connectivity index (χ3v) is 5.16. The Labute approximate surface area is 125 Å². The fourth-order valence-electron chi connectivity index (χ4n) is 3.96. The Morgan fingerprint density at radius 2 is 1.70 bits per heavy atom. The second-order valence-corrected chi connectivity index (χ2v) is 8.33. The summed E-state index contributed by atoms with van der Waals surface area (Å²) in [6.07, 6.45) is 3.82. The highest BCUT2D eigenvalue weighted by molar-refractivity contribution is 4.89. The van der Waals surface area contributed by atoms with Gasteiger partial charge in [0.2, 0.25) is 0 Å². The van der Waals surface area contributed by atoms with E-state index >= 15 is 0 Å². The number of nitrogens with two attached hydrogens (primary N) is 1. The Bertz CT molecular complexity index is 293. The van der Waals surface area contributed by atoms with Crippen LogP contribution in [0.5, 0.6) is 0 Å². The Morgan fingerprint density at radius 1 is 1.10 bits per heavy atom. The van der Waals surface area contributed by atoms with Gasteiger partial charge in [-0.3, -0.25) is 0 Å². The van der Waals surface area contributed by atoms with Crippen LogP contribution >= 0.6 is 0 Å². The summed E-state index contributed by atoms with van der Waals surface area (Å²) in [5, 5.41) is 0. The van der Waals surface area contributed by atoms with Gasteiger partial charge >= 0.3 is 0 Å². The molecule has 1 aliphatic heterocycles. The van der Waals surface area contributed by atoms with Crippen molar-refractivity contribution in [1.82, 2.24) is 9.80 Å². The van der Waals surface area contributed by atoms with Gasteiger partial charge in [-0.15, -0.1) is 0 Å². The average Bonchev–Trinajstić information content (AvgIpc) is 2.35. The Kier molecular flexibility index (Phi) is 5.49. The maximum absolute atomic E-state index is 6.37. The highest BCUT2D eigenvalue weighted by Gasteiger charge is 2.34. The van der Waals surface area contributed by atoms with Crippen LogP contribution in [0.3, 0.4) is 0 Å².